The van der Waals surface area contributed by atoms with Gasteiger partial charge in [0.15, 0.2) is 0 Å². The number of anilines is 1. The molecule has 0 radical (unpaired) electrons. The first kappa shape index (κ1) is 14.8. The van der Waals surface area contributed by atoms with Crippen LogP contribution in [0.1, 0.15) is 26.3 Å². The molecule has 0 bridgehead atoms. The van der Waals surface area contributed by atoms with Gasteiger partial charge in [0.05, 0.1) is 17.5 Å². The van der Waals surface area contributed by atoms with Gasteiger partial charge in [-0.15, -0.1) is 0 Å². The third-order valence-corrected chi connectivity index (χ3v) is 3.38. The maximum atomic E-state index is 13.5. The number of halogens is 2. The summed E-state index contributed by atoms with van der Waals surface area (Å²) >= 11 is 0. The Hall–Kier alpha value is -3.09. The van der Waals surface area contributed by atoms with Crippen LogP contribution >= 0.6 is 0 Å². The smallest absolute Gasteiger partial charge is 0.259 e. The zero-order chi connectivity index (χ0) is 16.6. The molecule has 0 atom stereocenters. The van der Waals surface area contributed by atoms with Gasteiger partial charge < -0.3 is 5.32 Å². The molecule has 2 aromatic carbocycles. The Bertz CT molecular complexity index is 849. The SMILES string of the molecule is O=C(Cc1cc(F)ccc1F)Nc1ccc2c(c1)C(=O)NC2=O. The minimum atomic E-state index is -0.680. The fourth-order valence-corrected chi connectivity index (χ4v) is 2.30. The Morgan fingerprint density at radius 1 is 1.00 bits per heavy atom. The van der Waals surface area contributed by atoms with Crippen molar-refractivity contribution in [2.45, 2.75) is 6.42 Å². The van der Waals surface area contributed by atoms with Crippen LogP contribution in [0.5, 0.6) is 0 Å². The number of hydrogen-bond acceptors (Lipinski definition) is 3. The van der Waals surface area contributed by atoms with E-state index in [0.717, 1.165) is 18.2 Å². The molecular formula is C16H10F2N2O3. The molecule has 2 N–H and O–H groups in total. The first-order valence-corrected chi connectivity index (χ1v) is 6.67. The minimum Gasteiger partial charge on any atom is -0.326 e. The third kappa shape index (κ3) is 2.94. The van der Waals surface area contributed by atoms with Crippen LogP contribution in [0.15, 0.2) is 36.4 Å². The number of imide groups is 1. The molecule has 116 valence electrons. The molecule has 23 heavy (non-hydrogen) atoms. The molecule has 0 aromatic heterocycles. The number of amides is 3. The van der Waals surface area contributed by atoms with E-state index in [2.05, 4.69) is 10.6 Å². The zero-order valence-corrected chi connectivity index (χ0v) is 11.7. The highest BCUT2D eigenvalue weighted by Crippen LogP contribution is 2.20. The lowest BCUT2D eigenvalue weighted by molar-refractivity contribution is -0.115. The van der Waals surface area contributed by atoms with E-state index in [1.54, 1.807) is 0 Å². The summed E-state index contributed by atoms with van der Waals surface area (Å²) in [6.07, 6.45) is -0.355. The lowest BCUT2D eigenvalue weighted by Crippen LogP contribution is -2.19. The second-order valence-corrected chi connectivity index (χ2v) is 5.00. The number of carbonyl (C=O) groups excluding carboxylic acids is 3. The normalized spacial score (nSPS) is 12.8. The Morgan fingerprint density at radius 3 is 2.52 bits per heavy atom. The molecule has 1 aliphatic heterocycles. The van der Waals surface area contributed by atoms with Gasteiger partial charge in [-0.3, -0.25) is 19.7 Å². The van der Waals surface area contributed by atoms with Crippen LogP contribution in [-0.4, -0.2) is 17.7 Å². The maximum Gasteiger partial charge on any atom is 0.259 e. The summed E-state index contributed by atoms with van der Waals surface area (Å²) in [7, 11) is 0. The van der Waals surface area contributed by atoms with Crippen molar-refractivity contribution in [1.82, 2.24) is 5.32 Å². The maximum absolute atomic E-state index is 13.5. The van der Waals surface area contributed by atoms with Crippen LogP contribution in [0.25, 0.3) is 0 Å². The monoisotopic (exact) mass is 316 g/mol. The lowest BCUT2D eigenvalue weighted by Gasteiger charge is -2.07. The second kappa shape index (κ2) is 5.60. The van der Waals surface area contributed by atoms with Crippen LogP contribution in [-0.2, 0) is 11.2 Å². The summed E-state index contributed by atoms with van der Waals surface area (Å²) in [4.78, 5) is 34.9. The molecule has 0 fully saturated rings. The van der Waals surface area contributed by atoms with Crippen LogP contribution in [0.4, 0.5) is 14.5 Å². The summed E-state index contributed by atoms with van der Waals surface area (Å²) in [6, 6.07) is 7.08. The fraction of sp³-hybridized carbons (Fsp3) is 0.0625. The Labute approximate surface area is 129 Å². The first-order valence-electron chi connectivity index (χ1n) is 6.67. The molecule has 0 aliphatic carbocycles. The van der Waals surface area contributed by atoms with Crippen molar-refractivity contribution >= 4 is 23.4 Å². The van der Waals surface area contributed by atoms with E-state index in [4.69, 9.17) is 0 Å². The molecule has 3 rings (SSSR count). The van der Waals surface area contributed by atoms with E-state index in [-0.39, 0.29) is 28.8 Å². The Balaban J connectivity index is 1.76. The van der Waals surface area contributed by atoms with Gasteiger partial charge in [0, 0.05) is 11.3 Å². The molecule has 0 spiro atoms. The summed E-state index contributed by atoms with van der Waals surface area (Å²) in [5.74, 6) is -2.93. The van der Waals surface area contributed by atoms with Crippen molar-refractivity contribution in [2.24, 2.45) is 0 Å². The number of hydrogen-bond donors (Lipinski definition) is 2. The predicted molar refractivity (Wildman–Crippen MR) is 76.9 cm³/mol. The van der Waals surface area contributed by atoms with Gasteiger partial charge in [-0.2, -0.15) is 0 Å². The molecule has 0 saturated heterocycles. The summed E-state index contributed by atoms with van der Waals surface area (Å²) in [5, 5.41) is 4.62. The van der Waals surface area contributed by atoms with E-state index < -0.39 is 29.4 Å². The van der Waals surface area contributed by atoms with E-state index >= 15 is 0 Å². The van der Waals surface area contributed by atoms with Crippen molar-refractivity contribution in [3.05, 3.63) is 64.7 Å². The van der Waals surface area contributed by atoms with Crippen LogP contribution < -0.4 is 10.6 Å². The molecule has 7 heteroatoms. The largest absolute Gasteiger partial charge is 0.326 e. The van der Waals surface area contributed by atoms with Gasteiger partial charge in [0.2, 0.25) is 5.91 Å². The summed E-state index contributed by atoms with van der Waals surface area (Å²) in [6.45, 7) is 0. The van der Waals surface area contributed by atoms with E-state index in [9.17, 15) is 23.2 Å². The quantitative estimate of drug-likeness (QED) is 0.851. The van der Waals surface area contributed by atoms with Crippen LogP contribution in [0, 0.1) is 11.6 Å². The molecule has 1 aliphatic rings. The van der Waals surface area contributed by atoms with Gasteiger partial charge in [-0.1, -0.05) is 0 Å². The average Bonchev–Trinajstić information content (AvgIpc) is 2.77. The molecule has 1 heterocycles. The van der Waals surface area contributed by atoms with Gasteiger partial charge >= 0.3 is 0 Å². The van der Waals surface area contributed by atoms with E-state index in [1.807, 2.05) is 0 Å². The first-order chi connectivity index (χ1) is 10.9. The standard InChI is InChI=1S/C16H10F2N2O3/c17-9-1-4-13(18)8(5-9)6-14(21)19-10-2-3-11-12(7-10)16(23)20-15(11)22/h1-5,7H,6H2,(H,19,21)(H,20,22,23). The number of rotatable bonds is 3. The summed E-state index contributed by atoms with van der Waals surface area (Å²) in [5.41, 5.74) is 0.598. The van der Waals surface area contributed by atoms with Crippen molar-refractivity contribution in [2.75, 3.05) is 5.32 Å². The predicted octanol–water partition coefficient (Wildman–Crippen LogP) is 2.03. The lowest BCUT2D eigenvalue weighted by atomic mass is 10.1. The number of carbonyl (C=O) groups is 3. The minimum absolute atomic E-state index is 0.0726. The topological polar surface area (TPSA) is 75.3 Å². The average molecular weight is 316 g/mol. The molecular weight excluding hydrogens is 306 g/mol. The van der Waals surface area contributed by atoms with Gasteiger partial charge in [0.1, 0.15) is 11.6 Å². The van der Waals surface area contributed by atoms with Crippen molar-refractivity contribution in [1.29, 1.82) is 0 Å². The number of fused-ring (bicyclic) bond motifs is 1. The van der Waals surface area contributed by atoms with Crippen molar-refractivity contribution in [3.63, 3.8) is 0 Å². The second-order valence-electron chi connectivity index (χ2n) is 5.00. The zero-order valence-electron chi connectivity index (χ0n) is 11.7. The Morgan fingerprint density at radius 2 is 1.74 bits per heavy atom. The highest BCUT2D eigenvalue weighted by Gasteiger charge is 2.26. The van der Waals surface area contributed by atoms with Gasteiger partial charge in [0.25, 0.3) is 11.8 Å². The van der Waals surface area contributed by atoms with Crippen LogP contribution in [0.3, 0.4) is 0 Å². The molecule has 3 amide bonds. The Kier molecular flexibility index (Phi) is 3.61. The molecule has 2 aromatic rings. The van der Waals surface area contributed by atoms with Crippen molar-refractivity contribution in [3.8, 4) is 0 Å². The molecule has 0 unspecified atom stereocenters. The fourth-order valence-electron chi connectivity index (χ4n) is 2.30. The highest BCUT2D eigenvalue weighted by atomic mass is 19.1. The van der Waals surface area contributed by atoms with Crippen molar-refractivity contribution < 1.29 is 23.2 Å². The molecule has 0 saturated carbocycles. The molecule has 5 nitrogen and oxygen atoms in total. The van der Waals surface area contributed by atoms with Gasteiger partial charge in [-0.25, -0.2) is 8.78 Å². The number of benzene rings is 2. The van der Waals surface area contributed by atoms with E-state index in [1.165, 1.54) is 18.2 Å². The van der Waals surface area contributed by atoms with E-state index in [0.29, 0.717) is 0 Å². The number of nitrogens with one attached hydrogen (secondary N) is 2. The van der Waals surface area contributed by atoms with Crippen LogP contribution in [0.2, 0.25) is 0 Å². The highest BCUT2D eigenvalue weighted by molar-refractivity contribution is 6.22. The van der Waals surface area contributed by atoms with Gasteiger partial charge in [-0.05, 0) is 36.4 Å². The summed E-state index contributed by atoms with van der Waals surface area (Å²) < 4.78 is 26.6. The third-order valence-electron chi connectivity index (χ3n) is 3.38.